The molecule has 14 heavy (non-hydrogen) atoms. The average Bonchev–Trinajstić information content (AvgIpc) is 2.17. The van der Waals surface area contributed by atoms with Gasteiger partial charge in [0.05, 0.1) is 5.70 Å². The Kier molecular flexibility index (Phi) is 4.57. The van der Waals surface area contributed by atoms with Crippen LogP contribution in [0.25, 0.3) is 0 Å². The quantitative estimate of drug-likeness (QED) is 0.708. The molecule has 0 bridgehead atoms. The van der Waals surface area contributed by atoms with E-state index in [1.54, 1.807) is 0 Å². The highest BCUT2D eigenvalue weighted by Gasteiger charge is 2.02. The van der Waals surface area contributed by atoms with Crippen LogP contribution in [0, 0.1) is 0 Å². The molecule has 1 rings (SSSR count). The van der Waals surface area contributed by atoms with Crippen LogP contribution in [0.4, 0.5) is 0 Å². The van der Waals surface area contributed by atoms with Gasteiger partial charge in [0.2, 0.25) is 0 Å². The smallest absolute Gasteiger partial charge is 0.164 e. The van der Waals surface area contributed by atoms with Gasteiger partial charge in [-0.1, -0.05) is 25.3 Å². The van der Waals surface area contributed by atoms with Crippen LogP contribution >= 0.6 is 11.8 Å². The Labute approximate surface area is 89.7 Å². The van der Waals surface area contributed by atoms with Crippen LogP contribution in [0.3, 0.4) is 0 Å². The van der Waals surface area contributed by atoms with Gasteiger partial charge in [0.15, 0.2) is 5.17 Å². The second kappa shape index (κ2) is 5.74. The summed E-state index contributed by atoms with van der Waals surface area (Å²) in [5.41, 5.74) is 9.90. The standard InChI is InChI=1S/C11H16N2S/c1-3-6-10-8-5-4-7-9(2)14-11(12)13-10/h5H,2-4,6-7H2,1H3,(H2,12,13). The zero-order chi connectivity index (χ0) is 10.4. The van der Waals surface area contributed by atoms with E-state index in [0.29, 0.717) is 5.17 Å². The number of amidine groups is 1. The summed E-state index contributed by atoms with van der Waals surface area (Å²) in [6, 6.07) is 0. The Bertz CT molecular complexity index is 309. The van der Waals surface area contributed by atoms with Crippen molar-refractivity contribution in [1.29, 1.82) is 0 Å². The first-order valence-electron chi connectivity index (χ1n) is 4.86. The maximum absolute atomic E-state index is 5.76. The summed E-state index contributed by atoms with van der Waals surface area (Å²) in [6.45, 7) is 6.05. The van der Waals surface area contributed by atoms with Gasteiger partial charge >= 0.3 is 0 Å². The van der Waals surface area contributed by atoms with Crippen LogP contribution in [-0.2, 0) is 0 Å². The van der Waals surface area contributed by atoms with E-state index in [1.165, 1.54) is 11.8 Å². The van der Waals surface area contributed by atoms with Crippen LogP contribution in [0.15, 0.2) is 34.0 Å². The third-order valence-corrected chi connectivity index (χ3v) is 2.61. The topological polar surface area (TPSA) is 38.4 Å². The number of thioether (sulfide) groups is 1. The zero-order valence-electron chi connectivity index (χ0n) is 8.55. The van der Waals surface area contributed by atoms with E-state index in [0.717, 1.165) is 36.3 Å². The lowest BCUT2D eigenvalue weighted by Crippen LogP contribution is -2.06. The van der Waals surface area contributed by atoms with E-state index in [1.807, 2.05) is 6.08 Å². The molecule has 0 aromatic heterocycles. The van der Waals surface area contributed by atoms with Crippen LogP contribution in [-0.4, -0.2) is 5.17 Å². The molecule has 2 N–H and O–H groups in total. The van der Waals surface area contributed by atoms with Crippen molar-refractivity contribution in [3.63, 3.8) is 0 Å². The molecule has 0 saturated heterocycles. The first-order chi connectivity index (χ1) is 6.72. The highest BCUT2D eigenvalue weighted by Crippen LogP contribution is 2.21. The predicted octanol–water partition coefficient (Wildman–Crippen LogP) is 3.18. The van der Waals surface area contributed by atoms with Crippen molar-refractivity contribution in [2.45, 2.75) is 32.6 Å². The fraction of sp³-hybridized carbons (Fsp3) is 0.455. The highest BCUT2D eigenvalue weighted by molar-refractivity contribution is 8.17. The SMILES string of the molecule is C=C1CCC=C=C(CCC)N=C(N)S1. The molecular weight excluding hydrogens is 192 g/mol. The molecular formula is C11H16N2S. The summed E-state index contributed by atoms with van der Waals surface area (Å²) in [7, 11) is 0. The van der Waals surface area contributed by atoms with Crippen LogP contribution in [0.5, 0.6) is 0 Å². The second-order valence-corrected chi connectivity index (χ2v) is 4.37. The van der Waals surface area contributed by atoms with E-state index in [4.69, 9.17) is 5.73 Å². The molecule has 0 spiro atoms. The van der Waals surface area contributed by atoms with Crippen LogP contribution in [0.2, 0.25) is 0 Å². The molecule has 1 aliphatic heterocycles. The van der Waals surface area contributed by atoms with Crippen molar-refractivity contribution in [2.75, 3.05) is 0 Å². The van der Waals surface area contributed by atoms with E-state index in [2.05, 4.69) is 24.2 Å². The molecule has 0 aromatic rings. The number of hydrogen-bond acceptors (Lipinski definition) is 3. The molecule has 0 aromatic carbocycles. The maximum Gasteiger partial charge on any atom is 0.164 e. The predicted molar refractivity (Wildman–Crippen MR) is 64.1 cm³/mol. The molecule has 1 aliphatic rings. The Morgan fingerprint density at radius 3 is 3.21 bits per heavy atom. The molecule has 0 radical (unpaired) electrons. The summed E-state index contributed by atoms with van der Waals surface area (Å²) in [5.74, 6) is 0. The monoisotopic (exact) mass is 208 g/mol. The van der Waals surface area contributed by atoms with Crippen LogP contribution < -0.4 is 5.73 Å². The van der Waals surface area contributed by atoms with Gasteiger partial charge in [-0.2, -0.15) is 0 Å². The molecule has 3 heteroatoms. The fourth-order valence-electron chi connectivity index (χ4n) is 1.18. The largest absolute Gasteiger partial charge is 0.378 e. The van der Waals surface area contributed by atoms with Gasteiger partial charge in [0.25, 0.3) is 0 Å². The first-order valence-corrected chi connectivity index (χ1v) is 5.68. The number of nitrogens with zero attached hydrogens (tertiary/aromatic N) is 1. The molecule has 1 heterocycles. The van der Waals surface area contributed by atoms with Crippen molar-refractivity contribution >= 4 is 16.9 Å². The summed E-state index contributed by atoms with van der Waals surface area (Å²) in [5, 5.41) is 0.584. The lowest BCUT2D eigenvalue weighted by molar-refractivity contribution is 0.894. The summed E-state index contributed by atoms with van der Waals surface area (Å²) >= 11 is 1.47. The lowest BCUT2D eigenvalue weighted by atomic mass is 10.2. The van der Waals surface area contributed by atoms with Crippen molar-refractivity contribution < 1.29 is 0 Å². The summed E-state index contributed by atoms with van der Waals surface area (Å²) in [6.07, 6.45) is 5.96. The molecule has 0 unspecified atom stereocenters. The van der Waals surface area contributed by atoms with Crippen LogP contribution in [0.1, 0.15) is 32.6 Å². The van der Waals surface area contributed by atoms with Gasteiger partial charge < -0.3 is 5.73 Å². The van der Waals surface area contributed by atoms with Crippen molar-refractivity contribution in [2.24, 2.45) is 10.7 Å². The first kappa shape index (κ1) is 11.2. The minimum absolute atomic E-state index is 0.584. The Balaban J connectivity index is 2.85. The molecule has 0 amide bonds. The second-order valence-electron chi connectivity index (χ2n) is 3.17. The number of nitrogens with two attached hydrogens (primary N) is 1. The Hall–Kier alpha value is -0.920. The van der Waals surface area contributed by atoms with Gasteiger partial charge in [-0.05, 0) is 36.7 Å². The lowest BCUT2D eigenvalue weighted by Gasteiger charge is -2.01. The highest BCUT2D eigenvalue weighted by atomic mass is 32.2. The van der Waals surface area contributed by atoms with E-state index < -0.39 is 0 Å². The Morgan fingerprint density at radius 1 is 1.71 bits per heavy atom. The van der Waals surface area contributed by atoms with Crippen molar-refractivity contribution in [3.05, 3.63) is 29.0 Å². The maximum atomic E-state index is 5.76. The van der Waals surface area contributed by atoms with Gasteiger partial charge in [0, 0.05) is 0 Å². The molecule has 0 atom stereocenters. The van der Waals surface area contributed by atoms with Gasteiger partial charge in [-0.3, -0.25) is 0 Å². The summed E-state index contributed by atoms with van der Waals surface area (Å²) in [4.78, 5) is 5.38. The minimum atomic E-state index is 0.584. The van der Waals surface area contributed by atoms with E-state index in [9.17, 15) is 0 Å². The average molecular weight is 208 g/mol. The number of allylic oxidation sites excluding steroid dienone is 2. The Morgan fingerprint density at radius 2 is 2.50 bits per heavy atom. The fourth-order valence-corrected chi connectivity index (χ4v) is 1.85. The van der Waals surface area contributed by atoms with Gasteiger partial charge in [-0.15, -0.1) is 5.73 Å². The summed E-state index contributed by atoms with van der Waals surface area (Å²) < 4.78 is 0. The molecule has 76 valence electrons. The van der Waals surface area contributed by atoms with Crippen molar-refractivity contribution in [3.8, 4) is 0 Å². The van der Waals surface area contributed by atoms with E-state index >= 15 is 0 Å². The van der Waals surface area contributed by atoms with Crippen molar-refractivity contribution in [1.82, 2.24) is 0 Å². The van der Waals surface area contributed by atoms with Gasteiger partial charge in [-0.25, -0.2) is 4.99 Å². The molecule has 2 nitrogen and oxygen atoms in total. The van der Waals surface area contributed by atoms with E-state index in [-0.39, 0.29) is 0 Å². The molecule has 0 saturated carbocycles. The number of rotatable bonds is 2. The van der Waals surface area contributed by atoms with Gasteiger partial charge in [0.1, 0.15) is 0 Å². The minimum Gasteiger partial charge on any atom is -0.378 e. The third kappa shape index (κ3) is 3.86. The number of aliphatic imine (C=N–C) groups is 1. The molecule has 0 fully saturated rings. The molecule has 0 aliphatic carbocycles. The number of hydrogen-bond donors (Lipinski definition) is 1. The third-order valence-electron chi connectivity index (χ3n) is 1.82. The zero-order valence-corrected chi connectivity index (χ0v) is 9.36. The normalized spacial score (nSPS) is 17.9.